The van der Waals surface area contributed by atoms with E-state index >= 15 is 0 Å². The second-order valence-electron chi connectivity index (χ2n) is 5.07. The molecule has 1 aliphatic heterocycles. The third-order valence-corrected chi connectivity index (χ3v) is 7.06. The minimum absolute atomic E-state index is 0.0647. The van der Waals surface area contributed by atoms with Crippen LogP contribution in [0.15, 0.2) is 10.3 Å². The Morgan fingerprint density at radius 2 is 2.05 bits per heavy atom. The smallest absolute Gasteiger partial charge is 0.308 e. The van der Waals surface area contributed by atoms with Crippen LogP contribution >= 0.6 is 11.3 Å². The highest BCUT2D eigenvalue weighted by atomic mass is 32.2. The number of carbonyl (C=O) groups is 1. The van der Waals surface area contributed by atoms with Crippen LogP contribution in [0, 0.1) is 25.7 Å². The van der Waals surface area contributed by atoms with E-state index in [0.29, 0.717) is 4.21 Å². The molecule has 1 fully saturated rings. The number of sulfonamides is 1. The van der Waals surface area contributed by atoms with Gasteiger partial charge in [-0.1, -0.05) is 6.92 Å². The maximum Gasteiger partial charge on any atom is 0.308 e. The third kappa shape index (κ3) is 2.54. The molecule has 19 heavy (non-hydrogen) atoms. The summed E-state index contributed by atoms with van der Waals surface area (Å²) in [6.07, 6.45) is 0. The first-order chi connectivity index (χ1) is 8.73. The lowest BCUT2D eigenvalue weighted by atomic mass is 9.99. The van der Waals surface area contributed by atoms with Crippen molar-refractivity contribution < 1.29 is 18.3 Å². The second-order valence-corrected chi connectivity index (χ2v) is 8.46. The maximum atomic E-state index is 12.5. The Kier molecular flexibility index (Phi) is 3.72. The predicted octanol–water partition coefficient (Wildman–Crippen LogP) is 1.71. The van der Waals surface area contributed by atoms with Gasteiger partial charge in [-0.15, -0.1) is 11.3 Å². The lowest BCUT2D eigenvalue weighted by molar-refractivity contribution is -0.142. The molecule has 1 aliphatic rings. The first-order valence-electron chi connectivity index (χ1n) is 6.03. The van der Waals surface area contributed by atoms with Gasteiger partial charge in [0.15, 0.2) is 0 Å². The minimum atomic E-state index is -3.56. The lowest BCUT2D eigenvalue weighted by Gasteiger charge is -2.15. The van der Waals surface area contributed by atoms with Crippen LogP contribution in [0.5, 0.6) is 0 Å². The summed E-state index contributed by atoms with van der Waals surface area (Å²) < 4.78 is 26.7. The monoisotopic (exact) mass is 303 g/mol. The topological polar surface area (TPSA) is 74.7 Å². The number of nitrogens with zero attached hydrogens (tertiary/aromatic N) is 1. The van der Waals surface area contributed by atoms with E-state index < -0.39 is 21.9 Å². The van der Waals surface area contributed by atoms with Crippen molar-refractivity contribution in [2.45, 2.75) is 25.0 Å². The molecule has 2 rings (SSSR count). The molecule has 7 heteroatoms. The molecule has 1 aromatic heterocycles. The van der Waals surface area contributed by atoms with Crippen molar-refractivity contribution >= 4 is 27.3 Å². The van der Waals surface area contributed by atoms with E-state index in [1.807, 2.05) is 13.0 Å². The molecule has 1 N–H and O–H groups in total. The average Bonchev–Trinajstić information content (AvgIpc) is 2.82. The SMILES string of the molecule is Cc1cc(C)c(S(=O)(=O)N2C[C@@H](C)[C@H](C(=O)O)C2)s1. The zero-order chi connectivity index (χ0) is 14.4. The number of carboxylic acids is 1. The zero-order valence-corrected chi connectivity index (χ0v) is 12.7. The molecule has 0 aliphatic carbocycles. The van der Waals surface area contributed by atoms with Gasteiger partial charge in [-0.2, -0.15) is 4.31 Å². The highest BCUT2D eigenvalue weighted by Crippen LogP contribution is 2.33. The van der Waals surface area contributed by atoms with Crippen LogP contribution in [-0.4, -0.2) is 36.9 Å². The fourth-order valence-electron chi connectivity index (χ4n) is 2.43. The van der Waals surface area contributed by atoms with Crippen LogP contribution in [-0.2, 0) is 14.8 Å². The van der Waals surface area contributed by atoms with Gasteiger partial charge in [0.1, 0.15) is 4.21 Å². The maximum absolute atomic E-state index is 12.5. The van der Waals surface area contributed by atoms with Crippen LogP contribution in [0.1, 0.15) is 17.4 Å². The van der Waals surface area contributed by atoms with Crippen molar-refractivity contribution in [2.75, 3.05) is 13.1 Å². The summed E-state index contributed by atoms with van der Waals surface area (Å²) in [5, 5.41) is 9.08. The summed E-state index contributed by atoms with van der Waals surface area (Å²) in [5.74, 6) is -1.70. The largest absolute Gasteiger partial charge is 0.481 e. The summed E-state index contributed by atoms with van der Waals surface area (Å²) in [6, 6.07) is 1.84. The Morgan fingerprint density at radius 1 is 1.42 bits per heavy atom. The summed E-state index contributed by atoms with van der Waals surface area (Å²) >= 11 is 1.24. The van der Waals surface area contributed by atoms with Gasteiger partial charge in [-0.05, 0) is 31.4 Å². The third-order valence-electron chi connectivity index (χ3n) is 3.47. The van der Waals surface area contributed by atoms with Crippen LogP contribution in [0.4, 0.5) is 0 Å². The molecule has 0 unspecified atom stereocenters. The van der Waals surface area contributed by atoms with E-state index in [4.69, 9.17) is 5.11 Å². The highest BCUT2D eigenvalue weighted by Gasteiger charge is 2.41. The highest BCUT2D eigenvalue weighted by molar-refractivity contribution is 7.91. The Bertz CT molecular complexity index is 605. The van der Waals surface area contributed by atoms with Crippen molar-refractivity contribution in [2.24, 2.45) is 11.8 Å². The normalized spacial score (nSPS) is 24.8. The Morgan fingerprint density at radius 3 is 2.47 bits per heavy atom. The van der Waals surface area contributed by atoms with Crippen molar-refractivity contribution in [3.05, 3.63) is 16.5 Å². The Labute approximate surface area is 116 Å². The van der Waals surface area contributed by atoms with E-state index in [1.165, 1.54) is 15.6 Å². The van der Waals surface area contributed by atoms with Crippen molar-refractivity contribution in [3.63, 3.8) is 0 Å². The Balaban J connectivity index is 2.32. The molecule has 2 heterocycles. The molecule has 0 radical (unpaired) electrons. The van der Waals surface area contributed by atoms with Crippen LogP contribution in [0.2, 0.25) is 0 Å². The molecule has 1 saturated heterocycles. The number of aryl methyl sites for hydroxylation is 2. The van der Waals surface area contributed by atoms with E-state index in [0.717, 1.165) is 10.4 Å². The van der Waals surface area contributed by atoms with E-state index in [1.54, 1.807) is 13.8 Å². The average molecular weight is 303 g/mol. The van der Waals surface area contributed by atoms with Gasteiger partial charge in [-0.3, -0.25) is 4.79 Å². The summed E-state index contributed by atoms with van der Waals surface area (Å²) in [4.78, 5) is 12.0. The van der Waals surface area contributed by atoms with Gasteiger partial charge in [0.05, 0.1) is 5.92 Å². The molecule has 0 bridgehead atoms. The van der Waals surface area contributed by atoms with Gasteiger partial charge >= 0.3 is 5.97 Å². The first kappa shape index (κ1) is 14.5. The summed E-state index contributed by atoms with van der Waals surface area (Å²) in [5.41, 5.74) is 0.730. The molecule has 0 aromatic carbocycles. The molecule has 0 amide bonds. The number of thiophene rings is 1. The Hall–Kier alpha value is -0.920. The van der Waals surface area contributed by atoms with Gasteiger partial charge < -0.3 is 5.11 Å². The molecule has 0 spiro atoms. The van der Waals surface area contributed by atoms with E-state index in [2.05, 4.69) is 0 Å². The molecular formula is C12H17NO4S2. The molecular weight excluding hydrogens is 286 g/mol. The van der Waals surface area contributed by atoms with Crippen molar-refractivity contribution in [3.8, 4) is 0 Å². The number of rotatable bonds is 3. The first-order valence-corrected chi connectivity index (χ1v) is 8.29. The fraction of sp³-hybridized carbons (Fsp3) is 0.583. The van der Waals surface area contributed by atoms with Gasteiger partial charge in [0, 0.05) is 18.0 Å². The van der Waals surface area contributed by atoms with Crippen molar-refractivity contribution in [1.29, 1.82) is 0 Å². The number of hydrogen-bond acceptors (Lipinski definition) is 4. The molecule has 2 atom stereocenters. The number of hydrogen-bond donors (Lipinski definition) is 1. The molecule has 0 saturated carbocycles. The van der Waals surface area contributed by atoms with E-state index in [9.17, 15) is 13.2 Å². The van der Waals surface area contributed by atoms with Crippen LogP contribution in [0.3, 0.4) is 0 Å². The summed E-state index contributed by atoms with van der Waals surface area (Å²) in [6.45, 7) is 5.75. The van der Waals surface area contributed by atoms with Crippen LogP contribution < -0.4 is 0 Å². The molecule has 106 valence electrons. The molecule has 5 nitrogen and oxygen atoms in total. The number of aliphatic carboxylic acids is 1. The quantitative estimate of drug-likeness (QED) is 0.922. The van der Waals surface area contributed by atoms with Crippen molar-refractivity contribution in [1.82, 2.24) is 4.31 Å². The van der Waals surface area contributed by atoms with Gasteiger partial charge in [0.2, 0.25) is 0 Å². The van der Waals surface area contributed by atoms with Crippen LogP contribution in [0.25, 0.3) is 0 Å². The zero-order valence-electron chi connectivity index (χ0n) is 11.1. The second kappa shape index (κ2) is 4.88. The molecule has 1 aromatic rings. The summed E-state index contributed by atoms with van der Waals surface area (Å²) in [7, 11) is -3.56. The minimum Gasteiger partial charge on any atom is -0.481 e. The van der Waals surface area contributed by atoms with Gasteiger partial charge in [0.25, 0.3) is 10.0 Å². The lowest BCUT2D eigenvalue weighted by Crippen LogP contribution is -2.29. The number of carboxylic acid groups (broad SMARTS) is 1. The fourth-order valence-corrected chi connectivity index (χ4v) is 5.80. The van der Waals surface area contributed by atoms with E-state index in [-0.39, 0.29) is 19.0 Å². The predicted molar refractivity (Wildman–Crippen MR) is 72.8 cm³/mol. The standard InChI is InChI=1S/C12H17NO4S2/c1-7-4-9(3)18-12(7)19(16,17)13-5-8(2)10(6-13)11(14)15/h4,8,10H,5-6H2,1-3H3,(H,14,15)/t8-,10-/m1/s1. The van der Waals surface area contributed by atoms with Gasteiger partial charge in [-0.25, -0.2) is 8.42 Å².